The number of hydrogen-bond donors (Lipinski definition) is 1. The molecular formula is C17H28N4. The van der Waals surface area contributed by atoms with Crippen LogP contribution in [0.5, 0.6) is 0 Å². The summed E-state index contributed by atoms with van der Waals surface area (Å²) in [6, 6.07) is 0.715. The molecule has 4 nitrogen and oxygen atoms in total. The second kappa shape index (κ2) is 5.91. The molecule has 1 aliphatic heterocycles. The Morgan fingerprint density at radius 2 is 1.90 bits per heavy atom. The summed E-state index contributed by atoms with van der Waals surface area (Å²) in [5, 5.41) is 3.61. The molecule has 1 N–H and O–H groups in total. The fourth-order valence-electron chi connectivity index (χ4n) is 2.95. The van der Waals surface area contributed by atoms with Crippen LogP contribution >= 0.6 is 0 Å². The number of rotatable bonds is 5. The molecule has 0 radical (unpaired) electrons. The average molecular weight is 288 g/mol. The molecule has 2 atom stereocenters. The highest BCUT2D eigenvalue weighted by molar-refractivity contribution is 5.50. The Morgan fingerprint density at radius 3 is 2.48 bits per heavy atom. The second-order valence-corrected chi connectivity index (χ2v) is 7.23. The molecule has 1 saturated heterocycles. The monoisotopic (exact) mass is 288 g/mol. The molecule has 4 heteroatoms. The van der Waals surface area contributed by atoms with Gasteiger partial charge in [0.05, 0.1) is 17.6 Å². The lowest BCUT2D eigenvalue weighted by Crippen LogP contribution is -2.25. The summed E-state index contributed by atoms with van der Waals surface area (Å²) in [4.78, 5) is 11.9. The summed E-state index contributed by atoms with van der Waals surface area (Å²) in [6.07, 6.45) is 4.68. The van der Waals surface area contributed by atoms with Gasteiger partial charge in [0, 0.05) is 31.6 Å². The van der Waals surface area contributed by atoms with E-state index in [1.54, 1.807) is 0 Å². The van der Waals surface area contributed by atoms with Gasteiger partial charge < -0.3 is 10.2 Å². The van der Waals surface area contributed by atoms with Gasteiger partial charge in [-0.05, 0) is 24.7 Å². The lowest BCUT2D eigenvalue weighted by atomic mass is 10.0. The lowest BCUT2D eigenvalue weighted by molar-refractivity contribution is 0.494. The van der Waals surface area contributed by atoms with Crippen molar-refractivity contribution in [2.24, 2.45) is 11.8 Å². The Bertz CT molecular complexity index is 486. The number of aromatic nitrogens is 2. The molecule has 3 rings (SSSR count). The largest absolute Gasteiger partial charge is 0.368 e. The van der Waals surface area contributed by atoms with E-state index in [-0.39, 0.29) is 0 Å². The lowest BCUT2D eigenvalue weighted by Gasteiger charge is -2.22. The average Bonchev–Trinajstić information content (AvgIpc) is 3.22. The van der Waals surface area contributed by atoms with Crippen molar-refractivity contribution in [2.45, 2.75) is 59.0 Å². The van der Waals surface area contributed by atoms with Crippen molar-refractivity contribution >= 4 is 5.69 Å². The first-order valence-electron chi connectivity index (χ1n) is 8.38. The van der Waals surface area contributed by atoms with Gasteiger partial charge in [-0.1, -0.05) is 27.7 Å². The summed E-state index contributed by atoms with van der Waals surface area (Å²) >= 11 is 0. The van der Waals surface area contributed by atoms with Crippen LogP contribution in [0.1, 0.15) is 58.0 Å². The fourth-order valence-corrected chi connectivity index (χ4v) is 2.95. The predicted molar refractivity (Wildman–Crippen MR) is 86.5 cm³/mol. The second-order valence-electron chi connectivity index (χ2n) is 7.23. The molecule has 116 valence electrons. The van der Waals surface area contributed by atoms with Crippen LogP contribution in [0.3, 0.4) is 0 Å². The first-order valence-corrected chi connectivity index (χ1v) is 8.38. The van der Waals surface area contributed by atoms with Gasteiger partial charge in [-0.15, -0.1) is 0 Å². The van der Waals surface area contributed by atoms with Gasteiger partial charge >= 0.3 is 0 Å². The molecule has 1 aromatic rings. The molecule has 1 saturated carbocycles. The Labute approximate surface area is 128 Å². The Hall–Kier alpha value is -1.16. The molecule has 0 aromatic carbocycles. The predicted octanol–water partition coefficient (Wildman–Crippen LogP) is 2.94. The minimum absolute atomic E-state index is 0.384. The van der Waals surface area contributed by atoms with Gasteiger partial charge in [-0.2, -0.15) is 0 Å². The standard InChI is InChI=1S/C17H28N4/c1-11(2)17-19-8-16(21-9-12(3)13(4)10-21)15(20-17)7-18-14-5-6-14/h8,11-14,18H,5-7,9-10H2,1-4H3. The third kappa shape index (κ3) is 3.37. The molecule has 21 heavy (non-hydrogen) atoms. The van der Waals surface area contributed by atoms with Crippen LogP contribution in [0.4, 0.5) is 5.69 Å². The number of hydrogen-bond acceptors (Lipinski definition) is 4. The smallest absolute Gasteiger partial charge is 0.131 e. The highest BCUT2D eigenvalue weighted by Gasteiger charge is 2.29. The van der Waals surface area contributed by atoms with E-state index < -0.39 is 0 Å². The van der Waals surface area contributed by atoms with Crippen molar-refractivity contribution in [1.82, 2.24) is 15.3 Å². The summed E-state index contributed by atoms with van der Waals surface area (Å²) in [5.41, 5.74) is 2.42. The van der Waals surface area contributed by atoms with Crippen LogP contribution in [0, 0.1) is 11.8 Å². The van der Waals surface area contributed by atoms with Gasteiger partial charge in [0.1, 0.15) is 5.82 Å². The maximum atomic E-state index is 4.85. The molecule has 2 heterocycles. The van der Waals surface area contributed by atoms with Crippen molar-refractivity contribution in [3.63, 3.8) is 0 Å². The third-order valence-electron chi connectivity index (χ3n) is 4.85. The normalized spacial score (nSPS) is 25.9. The molecule has 1 aliphatic carbocycles. The van der Waals surface area contributed by atoms with E-state index in [1.165, 1.54) is 24.2 Å². The maximum absolute atomic E-state index is 4.85. The van der Waals surface area contributed by atoms with E-state index in [4.69, 9.17) is 4.98 Å². The molecule has 0 spiro atoms. The Balaban J connectivity index is 1.82. The summed E-state index contributed by atoms with van der Waals surface area (Å²) in [5.74, 6) is 2.85. The quantitative estimate of drug-likeness (QED) is 0.904. The van der Waals surface area contributed by atoms with E-state index in [0.717, 1.165) is 37.3 Å². The van der Waals surface area contributed by atoms with Crippen LogP contribution in [-0.4, -0.2) is 29.1 Å². The highest BCUT2D eigenvalue weighted by atomic mass is 15.2. The molecular weight excluding hydrogens is 260 g/mol. The van der Waals surface area contributed by atoms with Crippen molar-refractivity contribution in [1.29, 1.82) is 0 Å². The fraction of sp³-hybridized carbons (Fsp3) is 0.765. The molecule has 0 bridgehead atoms. The number of nitrogens with zero attached hydrogens (tertiary/aromatic N) is 3. The molecule has 2 aliphatic rings. The van der Waals surface area contributed by atoms with Gasteiger partial charge in [0.15, 0.2) is 0 Å². The molecule has 1 aromatic heterocycles. The first-order chi connectivity index (χ1) is 10.0. The minimum Gasteiger partial charge on any atom is -0.368 e. The SMILES string of the molecule is CC(C)c1ncc(N2CC(C)C(C)C2)c(CNC2CC2)n1. The van der Waals surface area contributed by atoms with Crippen LogP contribution in [0.15, 0.2) is 6.20 Å². The molecule has 2 unspecified atom stereocenters. The summed E-state index contributed by atoms with van der Waals surface area (Å²) in [7, 11) is 0. The maximum Gasteiger partial charge on any atom is 0.131 e. The topological polar surface area (TPSA) is 41.1 Å². The summed E-state index contributed by atoms with van der Waals surface area (Å²) in [6.45, 7) is 12.1. The van der Waals surface area contributed by atoms with Crippen molar-refractivity contribution in [3.05, 3.63) is 17.7 Å². The van der Waals surface area contributed by atoms with E-state index >= 15 is 0 Å². The Morgan fingerprint density at radius 1 is 1.24 bits per heavy atom. The number of anilines is 1. The van der Waals surface area contributed by atoms with Gasteiger partial charge in [-0.25, -0.2) is 9.97 Å². The number of nitrogens with one attached hydrogen (secondary N) is 1. The van der Waals surface area contributed by atoms with Gasteiger partial charge in [0.25, 0.3) is 0 Å². The first kappa shape index (κ1) is 14.8. The van der Waals surface area contributed by atoms with Crippen molar-refractivity contribution in [3.8, 4) is 0 Å². The van der Waals surface area contributed by atoms with Crippen LogP contribution in [-0.2, 0) is 6.54 Å². The summed E-state index contributed by atoms with van der Waals surface area (Å²) < 4.78 is 0. The molecule has 0 amide bonds. The zero-order valence-corrected chi connectivity index (χ0v) is 13.8. The zero-order valence-electron chi connectivity index (χ0n) is 13.8. The van der Waals surface area contributed by atoms with Gasteiger partial charge in [0.2, 0.25) is 0 Å². The Kier molecular flexibility index (Phi) is 4.16. The minimum atomic E-state index is 0.384. The van der Waals surface area contributed by atoms with E-state index in [0.29, 0.717) is 12.0 Å². The van der Waals surface area contributed by atoms with Crippen LogP contribution in [0.2, 0.25) is 0 Å². The zero-order chi connectivity index (χ0) is 15.0. The van der Waals surface area contributed by atoms with E-state index in [2.05, 4.69) is 49.1 Å². The van der Waals surface area contributed by atoms with Crippen molar-refractivity contribution < 1.29 is 0 Å². The van der Waals surface area contributed by atoms with Crippen LogP contribution in [0.25, 0.3) is 0 Å². The van der Waals surface area contributed by atoms with Crippen molar-refractivity contribution in [2.75, 3.05) is 18.0 Å². The van der Waals surface area contributed by atoms with E-state index in [1.807, 2.05) is 0 Å². The van der Waals surface area contributed by atoms with Crippen LogP contribution < -0.4 is 10.2 Å². The van der Waals surface area contributed by atoms with E-state index in [9.17, 15) is 0 Å². The highest BCUT2D eigenvalue weighted by Crippen LogP contribution is 2.30. The van der Waals surface area contributed by atoms with Gasteiger partial charge in [-0.3, -0.25) is 0 Å². The third-order valence-corrected chi connectivity index (χ3v) is 4.85. The molecule has 2 fully saturated rings.